The molecule has 1 amide bonds. The van der Waals surface area contributed by atoms with E-state index in [4.69, 9.17) is 0 Å². The Morgan fingerprint density at radius 3 is 2.15 bits per heavy atom. The van der Waals surface area contributed by atoms with E-state index in [1.165, 1.54) is 12.1 Å². The lowest BCUT2D eigenvalue weighted by Crippen LogP contribution is -2.45. The lowest BCUT2D eigenvalue weighted by molar-refractivity contribution is -0.142. The minimum atomic E-state index is -1.07. The van der Waals surface area contributed by atoms with Crippen LogP contribution >= 0.6 is 0 Å². The normalized spacial score (nSPS) is 13.8. The Labute approximate surface area is 118 Å². The molecule has 0 saturated heterocycles. The van der Waals surface area contributed by atoms with E-state index in [-0.39, 0.29) is 29.9 Å². The fraction of sp³-hybridized carbons (Fsp3) is 0.467. The fourth-order valence-electron chi connectivity index (χ4n) is 1.67. The molecule has 0 aliphatic heterocycles. The number of hydrogen-bond donors (Lipinski definition) is 3. The van der Waals surface area contributed by atoms with Gasteiger partial charge in [-0.3, -0.25) is 4.79 Å². The maximum atomic E-state index is 11.9. The molecular weight excluding hydrogens is 258 g/mol. The Morgan fingerprint density at radius 1 is 1.15 bits per heavy atom. The molecule has 20 heavy (non-hydrogen) atoms. The van der Waals surface area contributed by atoms with E-state index in [1.807, 2.05) is 13.8 Å². The van der Waals surface area contributed by atoms with Gasteiger partial charge in [0.05, 0.1) is 0 Å². The molecule has 3 N–H and O–H groups in total. The van der Waals surface area contributed by atoms with Gasteiger partial charge in [0.2, 0.25) is 5.91 Å². The molecule has 0 aromatic heterocycles. The Morgan fingerprint density at radius 2 is 1.70 bits per heavy atom. The highest BCUT2D eigenvalue weighted by Gasteiger charge is 2.24. The van der Waals surface area contributed by atoms with E-state index in [0.29, 0.717) is 0 Å². The molecule has 0 heterocycles. The van der Waals surface area contributed by atoms with Gasteiger partial charge in [-0.25, -0.2) is 4.79 Å². The summed E-state index contributed by atoms with van der Waals surface area (Å²) in [5, 5.41) is 20.9. The third-order valence-electron chi connectivity index (χ3n) is 3.40. The predicted molar refractivity (Wildman–Crippen MR) is 75.4 cm³/mol. The Bertz CT molecular complexity index is 467. The van der Waals surface area contributed by atoms with Gasteiger partial charge in [0.15, 0.2) is 0 Å². The van der Waals surface area contributed by atoms with Crippen LogP contribution in [0.2, 0.25) is 0 Å². The van der Waals surface area contributed by atoms with Crippen LogP contribution in [0.1, 0.15) is 26.3 Å². The standard InChI is InChI=1S/C15H21NO4/c1-9(2)10(3)14(18)16-13(15(19)20)8-11-4-6-12(17)7-5-11/h4-7,9-10,13,17H,8H2,1-3H3,(H,16,18)(H,19,20)/t10?,13-/m1/s1. The molecule has 2 atom stereocenters. The number of carbonyl (C=O) groups excluding carboxylic acids is 1. The smallest absolute Gasteiger partial charge is 0.326 e. The molecule has 0 fully saturated rings. The van der Waals surface area contributed by atoms with Crippen molar-refractivity contribution in [2.75, 3.05) is 0 Å². The number of hydrogen-bond acceptors (Lipinski definition) is 3. The zero-order valence-electron chi connectivity index (χ0n) is 12.0. The largest absolute Gasteiger partial charge is 0.508 e. The summed E-state index contributed by atoms with van der Waals surface area (Å²) >= 11 is 0. The van der Waals surface area contributed by atoms with Gasteiger partial charge in [-0.1, -0.05) is 32.9 Å². The molecule has 1 aromatic carbocycles. The van der Waals surface area contributed by atoms with Gasteiger partial charge in [-0.2, -0.15) is 0 Å². The second-order valence-corrected chi connectivity index (χ2v) is 5.30. The summed E-state index contributed by atoms with van der Waals surface area (Å²) in [4.78, 5) is 23.2. The van der Waals surface area contributed by atoms with Crippen molar-refractivity contribution in [3.63, 3.8) is 0 Å². The minimum Gasteiger partial charge on any atom is -0.508 e. The molecule has 5 nitrogen and oxygen atoms in total. The fourth-order valence-corrected chi connectivity index (χ4v) is 1.67. The van der Waals surface area contributed by atoms with Gasteiger partial charge in [0.25, 0.3) is 0 Å². The Hall–Kier alpha value is -2.04. The summed E-state index contributed by atoms with van der Waals surface area (Å²) in [6.07, 6.45) is 0.187. The number of amides is 1. The van der Waals surface area contributed by atoms with Crippen molar-refractivity contribution in [1.29, 1.82) is 0 Å². The summed E-state index contributed by atoms with van der Waals surface area (Å²) in [6.45, 7) is 5.61. The van der Waals surface area contributed by atoms with Crippen LogP contribution in [0.3, 0.4) is 0 Å². The predicted octanol–water partition coefficient (Wildman–Crippen LogP) is 1.80. The number of carbonyl (C=O) groups is 2. The number of aromatic hydroxyl groups is 1. The molecule has 5 heteroatoms. The average Bonchev–Trinajstić information content (AvgIpc) is 2.39. The number of carboxylic acids is 1. The second-order valence-electron chi connectivity index (χ2n) is 5.30. The highest BCUT2D eigenvalue weighted by atomic mass is 16.4. The van der Waals surface area contributed by atoms with Crippen LogP contribution in [-0.2, 0) is 16.0 Å². The van der Waals surface area contributed by atoms with Crippen molar-refractivity contribution in [2.24, 2.45) is 11.8 Å². The lowest BCUT2D eigenvalue weighted by atomic mass is 9.96. The summed E-state index contributed by atoms with van der Waals surface area (Å²) in [6, 6.07) is 5.31. The first-order chi connectivity index (χ1) is 9.31. The molecule has 1 unspecified atom stereocenters. The number of nitrogens with one attached hydrogen (secondary N) is 1. The maximum absolute atomic E-state index is 11.9. The molecule has 0 saturated carbocycles. The van der Waals surface area contributed by atoms with Gasteiger partial charge in [0.1, 0.15) is 11.8 Å². The first kappa shape index (κ1) is 16.0. The van der Waals surface area contributed by atoms with Crippen LogP contribution < -0.4 is 5.32 Å². The van der Waals surface area contributed by atoms with Crippen molar-refractivity contribution in [1.82, 2.24) is 5.32 Å². The first-order valence-electron chi connectivity index (χ1n) is 6.62. The number of phenols is 1. The van der Waals surface area contributed by atoms with Crippen LogP contribution in [0.15, 0.2) is 24.3 Å². The van der Waals surface area contributed by atoms with Crippen LogP contribution in [0, 0.1) is 11.8 Å². The highest BCUT2D eigenvalue weighted by Crippen LogP contribution is 2.13. The summed E-state index contributed by atoms with van der Waals surface area (Å²) in [5.41, 5.74) is 0.743. The first-order valence-corrected chi connectivity index (χ1v) is 6.62. The lowest BCUT2D eigenvalue weighted by Gasteiger charge is -2.20. The van der Waals surface area contributed by atoms with Crippen LogP contribution in [-0.4, -0.2) is 28.1 Å². The second kappa shape index (κ2) is 6.93. The van der Waals surface area contributed by atoms with Gasteiger partial charge < -0.3 is 15.5 Å². The van der Waals surface area contributed by atoms with E-state index in [1.54, 1.807) is 19.1 Å². The van der Waals surface area contributed by atoms with Crippen LogP contribution in [0.4, 0.5) is 0 Å². The molecule has 0 aliphatic carbocycles. The average molecular weight is 279 g/mol. The summed E-state index contributed by atoms with van der Waals surface area (Å²) in [7, 11) is 0. The van der Waals surface area contributed by atoms with Crippen molar-refractivity contribution in [3.8, 4) is 5.75 Å². The molecule has 0 radical (unpaired) electrons. The molecule has 1 rings (SSSR count). The summed E-state index contributed by atoms with van der Waals surface area (Å²) < 4.78 is 0. The van der Waals surface area contributed by atoms with Crippen molar-refractivity contribution < 1.29 is 19.8 Å². The third-order valence-corrected chi connectivity index (χ3v) is 3.40. The van der Waals surface area contributed by atoms with E-state index in [9.17, 15) is 19.8 Å². The zero-order valence-corrected chi connectivity index (χ0v) is 12.0. The van der Waals surface area contributed by atoms with Gasteiger partial charge in [-0.15, -0.1) is 0 Å². The SMILES string of the molecule is CC(C)C(C)C(=O)N[C@H](Cc1ccc(O)cc1)C(=O)O. The zero-order chi connectivity index (χ0) is 15.3. The minimum absolute atomic E-state index is 0.123. The van der Waals surface area contributed by atoms with Crippen molar-refractivity contribution >= 4 is 11.9 Å². The summed E-state index contributed by atoms with van der Waals surface area (Å²) in [5.74, 6) is -1.29. The Balaban J connectivity index is 2.72. The van der Waals surface area contributed by atoms with Crippen LogP contribution in [0.25, 0.3) is 0 Å². The number of aliphatic carboxylic acids is 1. The molecule has 0 bridgehead atoms. The van der Waals surface area contributed by atoms with Gasteiger partial charge in [-0.05, 0) is 23.6 Å². The maximum Gasteiger partial charge on any atom is 0.326 e. The van der Waals surface area contributed by atoms with Crippen molar-refractivity contribution in [2.45, 2.75) is 33.2 Å². The highest BCUT2D eigenvalue weighted by molar-refractivity contribution is 5.85. The van der Waals surface area contributed by atoms with Gasteiger partial charge >= 0.3 is 5.97 Å². The van der Waals surface area contributed by atoms with Gasteiger partial charge in [0, 0.05) is 12.3 Å². The number of benzene rings is 1. The van der Waals surface area contributed by atoms with E-state index in [0.717, 1.165) is 5.56 Å². The van der Waals surface area contributed by atoms with E-state index >= 15 is 0 Å². The van der Waals surface area contributed by atoms with Crippen LogP contribution in [0.5, 0.6) is 5.75 Å². The van der Waals surface area contributed by atoms with E-state index in [2.05, 4.69) is 5.32 Å². The Kier molecular flexibility index (Phi) is 5.55. The third kappa shape index (κ3) is 4.57. The monoisotopic (exact) mass is 279 g/mol. The quantitative estimate of drug-likeness (QED) is 0.741. The molecule has 1 aromatic rings. The van der Waals surface area contributed by atoms with Crippen molar-refractivity contribution in [3.05, 3.63) is 29.8 Å². The number of carboxylic acid groups (broad SMARTS) is 1. The molecular formula is C15H21NO4. The molecule has 0 spiro atoms. The number of rotatable bonds is 6. The van der Waals surface area contributed by atoms with E-state index < -0.39 is 12.0 Å². The topological polar surface area (TPSA) is 86.6 Å². The molecule has 0 aliphatic rings. The molecule has 110 valence electrons. The number of phenolic OH excluding ortho intramolecular Hbond substituents is 1.